The highest BCUT2D eigenvalue weighted by atomic mass is 32.2. The van der Waals surface area contributed by atoms with E-state index >= 15 is 0 Å². The first-order chi connectivity index (χ1) is 8.16. The summed E-state index contributed by atoms with van der Waals surface area (Å²) in [5.74, 6) is 0. The molecule has 0 amide bonds. The Bertz CT molecular complexity index is 443. The quantitative estimate of drug-likeness (QED) is 0.819. The second-order valence-corrected chi connectivity index (χ2v) is 6.13. The van der Waals surface area contributed by atoms with Crippen molar-refractivity contribution in [1.82, 2.24) is 14.5 Å². The van der Waals surface area contributed by atoms with E-state index in [-0.39, 0.29) is 17.5 Å². The summed E-state index contributed by atoms with van der Waals surface area (Å²) in [5, 5.41) is 15.5. The van der Waals surface area contributed by atoms with Crippen LogP contribution in [0.4, 0.5) is 0 Å². The van der Waals surface area contributed by atoms with Gasteiger partial charge in [-0.1, -0.05) is 12.8 Å². The van der Waals surface area contributed by atoms with E-state index < -0.39 is 10.0 Å². The van der Waals surface area contributed by atoms with E-state index in [2.05, 4.69) is 10.2 Å². The molecule has 2 N–H and O–H groups in total. The second kappa shape index (κ2) is 5.16. The normalized spacial score (nSPS) is 23.5. The minimum atomic E-state index is -3.52. The molecule has 17 heavy (non-hydrogen) atoms. The number of hydrogen-bond acceptors (Lipinski definition) is 4. The number of aromatic amines is 1. The van der Waals surface area contributed by atoms with E-state index in [0.29, 0.717) is 13.0 Å². The minimum Gasteiger partial charge on any atom is -0.395 e. The van der Waals surface area contributed by atoms with Crippen LogP contribution in [0.2, 0.25) is 0 Å². The summed E-state index contributed by atoms with van der Waals surface area (Å²) >= 11 is 0. The second-order valence-electron chi connectivity index (χ2n) is 4.24. The summed E-state index contributed by atoms with van der Waals surface area (Å²) in [6.45, 7) is 0.343. The predicted molar refractivity (Wildman–Crippen MR) is 61.8 cm³/mol. The molecule has 1 fully saturated rings. The molecule has 1 aromatic heterocycles. The van der Waals surface area contributed by atoms with Crippen LogP contribution in [0.15, 0.2) is 17.3 Å². The lowest BCUT2D eigenvalue weighted by Crippen LogP contribution is -2.41. The number of aromatic nitrogens is 2. The molecule has 6 nitrogen and oxygen atoms in total. The number of sulfonamides is 1. The van der Waals surface area contributed by atoms with Gasteiger partial charge < -0.3 is 5.11 Å². The highest BCUT2D eigenvalue weighted by molar-refractivity contribution is 7.89. The minimum absolute atomic E-state index is 0.128. The fourth-order valence-corrected chi connectivity index (χ4v) is 3.76. The molecule has 2 heterocycles. The third-order valence-electron chi connectivity index (χ3n) is 3.11. The van der Waals surface area contributed by atoms with Gasteiger partial charge in [0, 0.05) is 18.8 Å². The van der Waals surface area contributed by atoms with E-state index in [9.17, 15) is 13.5 Å². The lowest BCUT2D eigenvalue weighted by atomic mass is 10.1. The summed E-state index contributed by atoms with van der Waals surface area (Å²) < 4.78 is 26.1. The van der Waals surface area contributed by atoms with Crippen molar-refractivity contribution >= 4 is 10.0 Å². The van der Waals surface area contributed by atoms with Gasteiger partial charge in [-0.3, -0.25) is 5.10 Å². The van der Waals surface area contributed by atoms with Gasteiger partial charge in [-0.25, -0.2) is 8.42 Å². The Balaban J connectivity index is 2.29. The Morgan fingerprint density at radius 1 is 1.47 bits per heavy atom. The molecule has 1 unspecified atom stereocenters. The van der Waals surface area contributed by atoms with Gasteiger partial charge in [0.15, 0.2) is 0 Å². The molecule has 96 valence electrons. The number of aliphatic hydroxyl groups excluding tert-OH is 1. The molecule has 1 atom stereocenters. The van der Waals surface area contributed by atoms with Crippen molar-refractivity contribution < 1.29 is 13.5 Å². The molecule has 7 heteroatoms. The van der Waals surface area contributed by atoms with Crippen molar-refractivity contribution in [3.05, 3.63) is 12.4 Å². The molecule has 1 aliphatic rings. The monoisotopic (exact) mass is 259 g/mol. The van der Waals surface area contributed by atoms with Crippen molar-refractivity contribution in [2.45, 2.75) is 36.6 Å². The topological polar surface area (TPSA) is 86.3 Å². The smallest absolute Gasteiger partial charge is 0.246 e. The molecular formula is C10H17N3O3S. The molecule has 0 aromatic carbocycles. The van der Waals surface area contributed by atoms with E-state index in [0.717, 1.165) is 19.3 Å². The number of H-pyrrole nitrogens is 1. The van der Waals surface area contributed by atoms with Crippen LogP contribution < -0.4 is 0 Å². The van der Waals surface area contributed by atoms with Crippen molar-refractivity contribution in [3.63, 3.8) is 0 Å². The lowest BCUT2D eigenvalue weighted by molar-refractivity contribution is 0.186. The van der Waals surface area contributed by atoms with Crippen molar-refractivity contribution in [2.24, 2.45) is 0 Å². The Labute approximate surface area is 101 Å². The highest BCUT2D eigenvalue weighted by Crippen LogP contribution is 2.23. The summed E-state index contributed by atoms with van der Waals surface area (Å²) in [6, 6.07) is -0.308. The first kappa shape index (κ1) is 12.5. The third-order valence-corrected chi connectivity index (χ3v) is 5.03. The summed E-state index contributed by atoms with van der Waals surface area (Å²) in [5.41, 5.74) is 0. The first-order valence-electron chi connectivity index (χ1n) is 5.78. The number of aliphatic hydroxyl groups is 1. The van der Waals surface area contributed by atoms with E-state index in [4.69, 9.17) is 0 Å². The maximum atomic E-state index is 12.3. The number of nitrogens with one attached hydrogen (secondary N) is 1. The van der Waals surface area contributed by atoms with Crippen LogP contribution in [-0.4, -0.2) is 47.2 Å². The average Bonchev–Trinajstić information content (AvgIpc) is 2.74. The fraction of sp³-hybridized carbons (Fsp3) is 0.700. The first-order valence-corrected chi connectivity index (χ1v) is 7.22. The van der Waals surface area contributed by atoms with Gasteiger partial charge >= 0.3 is 0 Å². The third kappa shape index (κ3) is 2.51. The maximum absolute atomic E-state index is 12.3. The maximum Gasteiger partial charge on any atom is 0.246 e. The van der Waals surface area contributed by atoms with Crippen LogP contribution >= 0.6 is 0 Å². The molecular weight excluding hydrogens is 242 g/mol. The van der Waals surface area contributed by atoms with Gasteiger partial charge in [0.05, 0.1) is 12.8 Å². The van der Waals surface area contributed by atoms with Gasteiger partial charge in [-0.05, 0) is 12.8 Å². The Morgan fingerprint density at radius 3 is 2.94 bits per heavy atom. The van der Waals surface area contributed by atoms with Crippen molar-refractivity contribution in [3.8, 4) is 0 Å². The largest absolute Gasteiger partial charge is 0.395 e. The molecule has 1 saturated heterocycles. The van der Waals surface area contributed by atoms with Gasteiger partial charge in [0.25, 0.3) is 0 Å². The van der Waals surface area contributed by atoms with Crippen LogP contribution in [-0.2, 0) is 10.0 Å². The molecule has 1 aliphatic heterocycles. The van der Waals surface area contributed by atoms with Crippen LogP contribution in [0.25, 0.3) is 0 Å². The van der Waals surface area contributed by atoms with Gasteiger partial charge in [0.2, 0.25) is 10.0 Å². The Hall–Kier alpha value is -0.920. The van der Waals surface area contributed by atoms with Gasteiger partial charge in [-0.15, -0.1) is 0 Å². The number of hydrogen-bond donors (Lipinski definition) is 2. The SMILES string of the molecule is O=S(=O)(c1cn[nH]c1)N1CCCCCC1CO. The van der Waals surface area contributed by atoms with Crippen LogP contribution in [0, 0.1) is 0 Å². The van der Waals surface area contributed by atoms with Crippen molar-refractivity contribution in [1.29, 1.82) is 0 Å². The van der Waals surface area contributed by atoms with Crippen LogP contribution in [0.5, 0.6) is 0 Å². The number of nitrogens with zero attached hydrogens (tertiary/aromatic N) is 2. The van der Waals surface area contributed by atoms with Crippen LogP contribution in [0.3, 0.4) is 0 Å². The molecule has 0 spiro atoms. The van der Waals surface area contributed by atoms with E-state index in [1.807, 2.05) is 0 Å². The lowest BCUT2D eigenvalue weighted by Gasteiger charge is -2.26. The average molecular weight is 259 g/mol. The zero-order valence-corrected chi connectivity index (χ0v) is 10.4. The summed E-state index contributed by atoms with van der Waals surface area (Å²) in [7, 11) is -3.52. The predicted octanol–water partition coefficient (Wildman–Crippen LogP) is 0.335. The molecule has 1 aromatic rings. The summed E-state index contributed by atoms with van der Waals surface area (Å²) in [4.78, 5) is 0.165. The molecule has 0 radical (unpaired) electrons. The van der Waals surface area contributed by atoms with Gasteiger partial charge in [0.1, 0.15) is 4.90 Å². The standard InChI is InChI=1S/C10H17N3O3S/c14-8-9-4-2-1-3-5-13(9)17(15,16)10-6-11-12-7-10/h6-7,9,14H,1-5,8H2,(H,11,12). The Kier molecular flexibility index (Phi) is 3.80. The summed E-state index contributed by atoms with van der Waals surface area (Å²) in [6.07, 6.45) is 6.20. The zero-order valence-electron chi connectivity index (χ0n) is 9.54. The van der Waals surface area contributed by atoms with E-state index in [1.165, 1.54) is 16.7 Å². The molecule has 0 aliphatic carbocycles. The Morgan fingerprint density at radius 2 is 2.29 bits per heavy atom. The van der Waals surface area contributed by atoms with Gasteiger partial charge in [-0.2, -0.15) is 9.40 Å². The zero-order chi connectivity index (χ0) is 12.3. The molecule has 0 bridgehead atoms. The number of rotatable bonds is 3. The van der Waals surface area contributed by atoms with Crippen molar-refractivity contribution in [2.75, 3.05) is 13.2 Å². The molecule has 2 rings (SSSR count). The molecule has 0 saturated carbocycles. The highest BCUT2D eigenvalue weighted by Gasteiger charge is 2.32. The van der Waals surface area contributed by atoms with E-state index in [1.54, 1.807) is 0 Å². The fourth-order valence-electron chi connectivity index (χ4n) is 2.17. The van der Waals surface area contributed by atoms with Crippen LogP contribution in [0.1, 0.15) is 25.7 Å².